The average Bonchev–Trinajstić information content (AvgIpc) is 2.43. The summed E-state index contributed by atoms with van der Waals surface area (Å²) in [6.45, 7) is 3.63. The second kappa shape index (κ2) is 8.05. The Labute approximate surface area is 134 Å². The number of methoxy groups -OCH3 is 1. The minimum atomic E-state index is -0.700. The van der Waals surface area contributed by atoms with Crippen LogP contribution in [0.15, 0.2) is 24.3 Å². The number of halogens is 2. The van der Waals surface area contributed by atoms with Crippen LogP contribution in [-0.2, 0) is 14.3 Å². The van der Waals surface area contributed by atoms with Crippen molar-refractivity contribution >= 4 is 41.2 Å². The van der Waals surface area contributed by atoms with E-state index in [1.54, 1.807) is 18.2 Å². The first-order valence-electron chi connectivity index (χ1n) is 6.37. The van der Waals surface area contributed by atoms with E-state index < -0.39 is 17.9 Å². The zero-order valence-electron chi connectivity index (χ0n) is 12.0. The molecule has 0 aliphatic rings. The molecular formula is C15H17Cl2NO3. The Balaban J connectivity index is 2.81. The Kier molecular flexibility index (Phi) is 6.72. The van der Waals surface area contributed by atoms with E-state index in [4.69, 9.17) is 23.2 Å². The van der Waals surface area contributed by atoms with Crippen LogP contribution in [0.25, 0.3) is 6.08 Å². The lowest BCUT2D eigenvalue weighted by atomic mass is 10.0. The fraction of sp³-hybridized carbons (Fsp3) is 0.333. The summed E-state index contributed by atoms with van der Waals surface area (Å²) in [4.78, 5) is 23.5. The van der Waals surface area contributed by atoms with Gasteiger partial charge in [-0.15, -0.1) is 0 Å². The van der Waals surface area contributed by atoms with Crippen molar-refractivity contribution in [3.8, 4) is 0 Å². The number of esters is 1. The van der Waals surface area contributed by atoms with Gasteiger partial charge in [0.15, 0.2) is 0 Å². The van der Waals surface area contributed by atoms with Gasteiger partial charge < -0.3 is 10.1 Å². The largest absolute Gasteiger partial charge is 0.467 e. The Morgan fingerprint density at radius 1 is 1.24 bits per heavy atom. The summed E-state index contributed by atoms with van der Waals surface area (Å²) < 4.78 is 4.66. The van der Waals surface area contributed by atoms with E-state index in [1.807, 2.05) is 13.8 Å². The zero-order valence-corrected chi connectivity index (χ0v) is 13.5. The zero-order chi connectivity index (χ0) is 16.0. The highest BCUT2D eigenvalue weighted by Crippen LogP contribution is 2.25. The lowest BCUT2D eigenvalue weighted by Gasteiger charge is -2.18. The van der Waals surface area contributed by atoms with Crippen molar-refractivity contribution < 1.29 is 14.3 Å². The third kappa shape index (κ3) is 5.06. The van der Waals surface area contributed by atoms with Crippen LogP contribution >= 0.6 is 23.2 Å². The molecule has 0 saturated heterocycles. The molecule has 1 N–H and O–H groups in total. The van der Waals surface area contributed by atoms with Crippen molar-refractivity contribution in [2.24, 2.45) is 5.92 Å². The number of amides is 1. The maximum Gasteiger partial charge on any atom is 0.328 e. The smallest absolute Gasteiger partial charge is 0.328 e. The van der Waals surface area contributed by atoms with Crippen molar-refractivity contribution in [3.05, 3.63) is 39.9 Å². The Morgan fingerprint density at radius 2 is 1.81 bits per heavy atom. The number of hydrogen-bond donors (Lipinski definition) is 1. The standard InChI is InChI=1S/C15H17Cl2NO3/c1-9(2)14(15(20)21-3)18-13(19)8-7-10-11(16)5-4-6-12(10)17/h4-9,14H,1-3H3,(H,18,19). The third-order valence-corrected chi connectivity index (χ3v) is 3.48. The molecule has 1 amide bonds. The van der Waals surface area contributed by atoms with Gasteiger partial charge in [0.1, 0.15) is 6.04 Å². The van der Waals surface area contributed by atoms with E-state index in [0.29, 0.717) is 15.6 Å². The second-order valence-electron chi connectivity index (χ2n) is 4.72. The van der Waals surface area contributed by atoms with Gasteiger partial charge in [0.25, 0.3) is 0 Å². The van der Waals surface area contributed by atoms with Gasteiger partial charge in [-0.3, -0.25) is 4.79 Å². The molecule has 6 heteroatoms. The van der Waals surface area contributed by atoms with Crippen molar-refractivity contribution in [1.29, 1.82) is 0 Å². The van der Waals surface area contributed by atoms with Gasteiger partial charge in [-0.2, -0.15) is 0 Å². The molecule has 1 rings (SSSR count). The quantitative estimate of drug-likeness (QED) is 0.666. The number of benzene rings is 1. The van der Waals surface area contributed by atoms with Gasteiger partial charge in [0.2, 0.25) is 5.91 Å². The van der Waals surface area contributed by atoms with Crippen LogP contribution in [-0.4, -0.2) is 25.0 Å². The van der Waals surface area contributed by atoms with E-state index >= 15 is 0 Å². The SMILES string of the molecule is COC(=O)C(NC(=O)C=Cc1c(Cl)cccc1Cl)C(C)C. The number of carbonyl (C=O) groups is 2. The minimum Gasteiger partial charge on any atom is -0.467 e. The molecule has 0 spiro atoms. The fourth-order valence-electron chi connectivity index (χ4n) is 1.66. The lowest BCUT2D eigenvalue weighted by molar-refractivity contribution is -0.145. The second-order valence-corrected chi connectivity index (χ2v) is 5.54. The summed E-state index contributed by atoms with van der Waals surface area (Å²) in [5.41, 5.74) is 0.551. The highest BCUT2D eigenvalue weighted by atomic mass is 35.5. The molecule has 0 aromatic heterocycles. The molecule has 1 atom stereocenters. The van der Waals surface area contributed by atoms with Gasteiger partial charge in [-0.05, 0) is 24.1 Å². The average molecular weight is 330 g/mol. The Morgan fingerprint density at radius 3 is 2.29 bits per heavy atom. The fourth-order valence-corrected chi connectivity index (χ4v) is 2.18. The Bertz CT molecular complexity index is 536. The molecule has 21 heavy (non-hydrogen) atoms. The maximum absolute atomic E-state index is 11.9. The molecule has 0 heterocycles. The number of hydrogen-bond acceptors (Lipinski definition) is 3. The van der Waals surface area contributed by atoms with E-state index in [-0.39, 0.29) is 5.92 Å². The highest BCUT2D eigenvalue weighted by molar-refractivity contribution is 6.37. The number of nitrogens with one attached hydrogen (secondary N) is 1. The summed E-state index contributed by atoms with van der Waals surface area (Å²) in [5.74, 6) is -0.990. The molecule has 0 fully saturated rings. The lowest BCUT2D eigenvalue weighted by Crippen LogP contribution is -2.44. The van der Waals surface area contributed by atoms with E-state index in [2.05, 4.69) is 10.1 Å². The van der Waals surface area contributed by atoms with Gasteiger partial charge in [0, 0.05) is 21.7 Å². The summed E-state index contributed by atoms with van der Waals surface area (Å²) in [5, 5.41) is 3.48. The van der Waals surface area contributed by atoms with Crippen molar-refractivity contribution in [1.82, 2.24) is 5.32 Å². The molecule has 0 bridgehead atoms. The normalized spacial score (nSPS) is 12.5. The minimum absolute atomic E-state index is 0.0845. The molecule has 1 unspecified atom stereocenters. The monoisotopic (exact) mass is 329 g/mol. The predicted octanol–water partition coefficient (Wildman–Crippen LogP) is 3.32. The maximum atomic E-state index is 11.9. The van der Waals surface area contributed by atoms with Crippen LogP contribution in [0.5, 0.6) is 0 Å². The number of ether oxygens (including phenoxy) is 1. The molecule has 0 saturated carbocycles. The van der Waals surface area contributed by atoms with Crippen molar-refractivity contribution in [3.63, 3.8) is 0 Å². The van der Waals surface area contributed by atoms with E-state index in [9.17, 15) is 9.59 Å². The summed E-state index contributed by atoms with van der Waals surface area (Å²) in [7, 11) is 1.28. The van der Waals surface area contributed by atoms with E-state index in [0.717, 1.165) is 0 Å². The van der Waals surface area contributed by atoms with Crippen LogP contribution in [0, 0.1) is 5.92 Å². The van der Waals surface area contributed by atoms with Crippen molar-refractivity contribution in [2.75, 3.05) is 7.11 Å². The molecule has 4 nitrogen and oxygen atoms in total. The van der Waals surface area contributed by atoms with Crippen molar-refractivity contribution in [2.45, 2.75) is 19.9 Å². The van der Waals surface area contributed by atoms with Crippen LogP contribution < -0.4 is 5.32 Å². The first kappa shape index (κ1) is 17.5. The van der Waals surface area contributed by atoms with Crippen LogP contribution in [0.3, 0.4) is 0 Å². The highest BCUT2D eigenvalue weighted by Gasteiger charge is 2.23. The summed E-state index contributed by atoms with van der Waals surface area (Å²) in [6.07, 6.45) is 2.79. The molecule has 114 valence electrons. The first-order chi connectivity index (χ1) is 9.86. The topological polar surface area (TPSA) is 55.4 Å². The molecule has 0 radical (unpaired) electrons. The predicted molar refractivity (Wildman–Crippen MR) is 84.3 cm³/mol. The van der Waals surface area contributed by atoms with E-state index in [1.165, 1.54) is 19.3 Å². The third-order valence-electron chi connectivity index (χ3n) is 2.82. The van der Waals surface area contributed by atoms with Crippen LogP contribution in [0.2, 0.25) is 10.0 Å². The van der Waals surface area contributed by atoms with Gasteiger partial charge in [-0.25, -0.2) is 4.79 Å². The number of carbonyl (C=O) groups excluding carboxylic acids is 2. The van der Waals surface area contributed by atoms with Gasteiger partial charge in [0.05, 0.1) is 7.11 Å². The Hall–Kier alpha value is -1.52. The van der Waals surface area contributed by atoms with Gasteiger partial charge in [-0.1, -0.05) is 43.1 Å². The van der Waals surface area contributed by atoms with Gasteiger partial charge >= 0.3 is 5.97 Å². The number of rotatable bonds is 5. The molecule has 1 aromatic carbocycles. The first-order valence-corrected chi connectivity index (χ1v) is 7.12. The summed E-state index contributed by atoms with van der Waals surface area (Å²) >= 11 is 12.0. The summed E-state index contributed by atoms with van der Waals surface area (Å²) in [6, 6.07) is 4.37. The molecule has 1 aromatic rings. The van der Waals surface area contributed by atoms with Crippen LogP contribution in [0.1, 0.15) is 19.4 Å². The molecule has 0 aliphatic heterocycles. The van der Waals surface area contributed by atoms with Crippen LogP contribution in [0.4, 0.5) is 0 Å². The molecule has 0 aliphatic carbocycles. The molecular weight excluding hydrogens is 313 g/mol.